The Morgan fingerprint density at radius 3 is 2.31 bits per heavy atom. The molecule has 242 valence electrons. The van der Waals surface area contributed by atoms with Gasteiger partial charge in [-0.1, -0.05) is 13.8 Å². The summed E-state index contributed by atoms with van der Waals surface area (Å²) >= 11 is 0. The highest BCUT2D eigenvalue weighted by Gasteiger charge is 2.54. The van der Waals surface area contributed by atoms with Gasteiger partial charge < -0.3 is 33.4 Å². The molecule has 2 fully saturated rings. The fraction of sp³-hybridized carbons (Fsp3) is 0.543. The van der Waals surface area contributed by atoms with Crippen LogP contribution in [0, 0.1) is 17.8 Å². The van der Waals surface area contributed by atoms with Crippen LogP contribution in [0.15, 0.2) is 30.3 Å². The van der Waals surface area contributed by atoms with Crippen LogP contribution in [-0.2, 0) is 25.4 Å². The Balaban J connectivity index is 1.29. The molecule has 3 aromatic rings. The van der Waals surface area contributed by atoms with Gasteiger partial charge in [0, 0.05) is 48.4 Å². The number of piperidine rings is 1. The lowest BCUT2D eigenvalue weighted by molar-refractivity contribution is -0.176. The zero-order chi connectivity index (χ0) is 32.0. The lowest BCUT2D eigenvalue weighted by atomic mass is 9.63. The number of esters is 2. The monoisotopic (exact) mass is 620 g/mol. The van der Waals surface area contributed by atoms with E-state index in [-0.39, 0.29) is 29.8 Å². The molecule has 3 aliphatic rings. The normalized spacial score (nSPS) is 26.0. The van der Waals surface area contributed by atoms with Gasteiger partial charge in [-0.15, -0.1) is 0 Å². The van der Waals surface area contributed by atoms with Gasteiger partial charge in [0.05, 0.1) is 46.0 Å². The first-order valence-corrected chi connectivity index (χ1v) is 15.7. The molecule has 6 rings (SSSR count). The van der Waals surface area contributed by atoms with Gasteiger partial charge in [0.15, 0.2) is 0 Å². The second kappa shape index (κ2) is 12.6. The van der Waals surface area contributed by atoms with Crippen LogP contribution in [0.3, 0.4) is 0 Å². The number of aromatic amines is 1. The maximum Gasteiger partial charge on any atom is 0.338 e. The first-order chi connectivity index (χ1) is 21.7. The third-order valence-corrected chi connectivity index (χ3v) is 10.2. The summed E-state index contributed by atoms with van der Waals surface area (Å²) in [5.41, 5.74) is 4.81. The fourth-order valence-corrected chi connectivity index (χ4v) is 8.19. The van der Waals surface area contributed by atoms with E-state index in [2.05, 4.69) is 16.0 Å². The number of rotatable bonds is 8. The highest BCUT2D eigenvalue weighted by molar-refractivity contribution is 5.91. The number of nitrogens with one attached hydrogen (secondary N) is 1. The summed E-state index contributed by atoms with van der Waals surface area (Å²) in [5.74, 6) is 0.750. The molecule has 10 heteroatoms. The van der Waals surface area contributed by atoms with Gasteiger partial charge in [0.1, 0.15) is 29.5 Å². The van der Waals surface area contributed by atoms with Crippen molar-refractivity contribution in [1.29, 1.82) is 0 Å². The van der Waals surface area contributed by atoms with Crippen LogP contribution in [0.25, 0.3) is 10.9 Å². The van der Waals surface area contributed by atoms with Gasteiger partial charge >= 0.3 is 11.9 Å². The summed E-state index contributed by atoms with van der Waals surface area (Å²) in [6, 6.07) is 9.70. The van der Waals surface area contributed by atoms with Crippen LogP contribution in [0.1, 0.15) is 65.8 Å². The second-order valence-electron chi connectivity index (χ2n) is 12.7. The van der Waals surface area contributed by atoms with E-state index in [0.717, 1.165) is 42.8 Å². The van der Waals surface area contributed by atoms with E-state index < -0.39 is 24.1 Å². The maximum absolute atomic E-state index is 13.7. The molecule has 1 N–H and O–H groups in total. The number of hydrogen-bond donors (Lipinski definition) is 1. The maximum atomic E-state index is 13.7. The molecule has 1 aromatic heterocycles. The van der Waals surface area contributed by atoms with Crippen molar-refractivity contribution in [3.63, 3.8) is 0 Å². The minimum atomic E-state index is -0.650. The molecule has 3 heterocycles. The first-order valence-electron chi connectivity index (χ1n) is 15.7. The number of carbonyl (C=O) groups excluding carboxylic acids is 2. The molecular formula is C35H44N2O8. The molecule has 6 unspecified atom stereocenters. The molecule has 2 aromatic carbocycles. The van der Waals surface area contributed by atoms with E-state index in [1.807, 2.05) is 26.0 Å². The molecule has 1 saturated carbocycles. The zero-order valence-electron chi connectivity index (χ0n) is 27.2. The number of methoxy groups -OCH3 is 5. The van der Waals surface area contributed by atoms with Crippen LogP contribution < -0.4 is 14.2 Å². The highest BCUT2D eigenvalue weighted by atomic mass is 16.6. The minimum Gasteiger partial charge on any atom is -0.497 e. The van der Waals surface area contributed by atoms with Crippen molar-refractivity contribution in [2.45, 2.75) is 57.3 Å². The third-order valence-electron chi connectivity index (χ3n) is 10.2. The molecule has 1 saturated heterocycles. The van der Waals surface area contributed by atoms with E-state index in [4.69, 9.17) is 28.4 Å². The van der Waals surface area contributed by atoms with Gasteiger partial charge in [0.25, 0.3) is 0 Å². The molecule has 45 heavy (non-hydrogen) atoms. The Bertz CT molecular complexity index is 1560. The second-order valence-corrected chi connectivity index (χ2v) is 12.7. The Labute approximate surface area is 264 Å². The minimum absolute atomic E-state index is 0.00369. The third kappa shape index (κ3) is 5.42. The quantitative estimate of drug-likeness (QED) is 0.336. The number of carbonyl (C=O) groups is 2. The van der Waals surface area contributed by atoms with Crippen LogP contribution in [0.2, 0.25) is 0 Å². The van der Waals surface area contributed by atoms with Gasteiger partial charge in [-0.2, -0.15) is 0 Å². The van der Waals surface area contributed by atoms with Crippen LogP contribution in [-0.4, -0.2) is 82.7 Å². The van der Waals surface area contributed by atoms with E-state index >= 15 is 0 Å². The van der Waals surface area contributed by atoms with Crippen molar-refractivity contribution in [2.24, 2.45) is 17.8 Å². The van der Waals surface area contributed by atoms with E-state index in [9.17, 15) is 9.59 Å². The molecular weight excluding hydrogens is 576 g/mol. The van der Waals surface area contributed by atoms with Crippen molar-refractivity contribution in [3.8, 4) is 17.2 Å². The Morgan fingerprint density at radius 1 is 0.956 bits per heavy atom. The smallest absolute Gasteiger partial charge is 0.338 e. The average Bonchev–Trinajstić information content (AvgIpc) is 3.43. The number of H-pyrrole nitrogens is 1. The lowest BCUT2D eigenvalue weighted by Gasteiger charge is -2.52. The number of benzene rings is 2. The summed E-state index contributed by atoms with van der Waals surface area (Å²) in [6.45, 7) is 5.79. The van der Waals surface area contributed by atoms with Crippen molar-refractivity contribution in [3.05, 3.63) is 52.7 Å². The first kappa shape index (κ1) is 31.2. The summed E-state index contributed by atoms with van der Waals surface area (Å²) in [6.07, 6.45) is 1.01. The molecule has 1 aliphatic carbocycles. The average molecular weight is 621 g/mol. The van der Waals surface area contributed by atoms with Crippen LogP contribution >= 0.6 is 0 Å². The predicted octanol–water partition coefficient (Wildman–Crippen LogP) is 5.29. The Morgan fingerprint density at radius 2 is 1.69 bits per heavy atom. The number of ether oxygens (including phenoxy) is 6. The largest absolute Gasteiger partial charge is 0.497 e. The van der Waals surface area contributed by atoms with Gasteiger partial charge in [-0.05, 0) is 66.8 Å². The number of fused-ring (bicyclic) bond motifs is 6. The standard InChI is InChI=1S/C35H44N2O8/c1-18(2)30-27(41-4)12-19(13-28(30)42-5)34(38)45-29-14-20-17-37-11-10-23-22-9-8-21(40-3)15-25(22)36-32(23)26(37)16-24(20)31(33(29)43-6)35(39)44-7/h8-9,12-13,15,18,20,24,26,29,31,33,36H,10-11,14,16-17H2,1-7H3. The highest BCUT2D eigenvalue weighted by Crippen LogP contribution is 2.51. The van der Waals surface area contributed by atoms with E-state index in [1.54, 1.807) is 40.6 Å². The van der Waals surface area contributed by atoms with Crippen molar-refractivity contribution in [1.82, 2.24) is 9.88 Å². The van der Waals surface area contributed by atoms with Crippen molar-refractivity contribution < 1.29 is 38.0 Å². The van der Waals surface area contributed by atoms with Gasteiger partial charge in [-0.3, -0.25) is 9.69 Å². The molecule has 0 bridgehead atoms. The summed E-state index contributed by atoms with van der Waals surface area (Å²) in [5, 5.41) is 1.22. The SMILES string of the molecule is COC(=O)C1C2CC3c4[nH]c5cc(OC)ccc5c4CCN3CC2CC(OC(=O)c2cc(OC)c(C(C)C)c(OC)c2)C1OC. The number of nitrogens with zero attached hydrogens (tertiary/aromatic N) is 1. The molecule has 2 aliphatic heterocycles. The van der Waals surface area contributed by atoms with Crippen molar-refractivity contribution in [2.75, 3.05) is 48.6 Å². The number of aromatic nitrogens is 1. The lowest BCUT2D eigenvalue weighted by Crippen LogP contribution is -2.58. The molecule has 10 nitrogen and oxygen atoms in total. The molecule has 0 radical (unpaired) electrons. The zero-order valence-corrected chi connectivity index (χ0v) is 27.2. The van der Waals surface area contributed by atoms with E-state index in [0.29, 0.717) is 23.5 Å². The molecule has 0 amide bonds. The molecule has 0 spiro atoms. The Hall–Kier alpha value is -3.76. The van der Waals surface area contributed by atoms with Crippen molar-refractivity contribution >= 4 is 22.8 Å². The predicted molar refractivity (Wildman–Crippen MR) is 168 cm³/mol. The topological polar surface area (TPSA) is 109 Å². The molecule has 6 atom stereocenters. The Kier molecular flexibility index (Phi) is 8.72. The van der Waals surface area contributed by atoms with Crippen LogP contribution in [0.5, 0.6) is 17.2 Å². The summed E-state index contributed by atoms with van der Waals surface area (Å²) < 4.78 is 34.2. The summed E-state index contributed by atoms with van der Waals surface area (Å²) in [7, 11) is 7.81. The van der Waals surface area contributed by atoms with Gasteiger partial charge in [0.2, 0.25) is 0 Å². The number of hydrogen-bond acceptors (Lipinski definition) is 9. The summed E-state index contributed by atoms with van der Waals surface area (Å²) in [4.78, 5) is 33.3. The van der Waals surface area contributed by atoms with E-state index in [1.165, 1.54) is 23.8 Å². The fourth-order valence-electron chi connectivity index (χ4n) is 8.19. The van der Waals surface area contributed by atoms with Gasteiger partial charge in [-0.25, -0.2) is 4.79 Å². The van der Waals surface area contributed by atoms with Crippen LogP contribution in [0.4, 0.5) is 0 Å².